The molecule has 0 saturated heterocycles. The van der Waals surface area contributed by atoms with Gasteiger partial charge < -0.3 is 10.4 Å². The van der Waals surface area contributed by atoms with Crippen LogP contribution in [0.15, 0.2) is 0 Å². The van der Waals surface area contributed by atoms with Gasteiger partial charge in [-0.05, 0) is 25.2 Å². The average molecular weight is 197 g/mol. The van der Waals surface area contributed by atoms with Crippen molar-refractivity contribution in [1.29, 1.82) is 0 Å². The molecule has 0 radical (unpaired) electrons. The summed E-state index contributed by atoms with van der Waals surface area (Å²) in [5.74, 6) is -0.668. The first-order chi connectivity index (χ1) is 6.60. The van der Waals surface area contributed by atoms with Crippen LogP contribution in [0.2, 0.25) is 0 Å². The lowest BCUT2D eigenvalue weighted by Crippen LogP contribution is -2.38. The maximum atomic E-state index is 11.6. The number of rotatable bonds is 4. The molecule has 2 atom stereocenters. The summed E-state index contributed by atoms with van der Waals surface area (Å²) in [4.78, 5) is 22.4. The van der Waals surface area contributed by atoms with Gasteiger partial charge in [-0.3, -0.25) is 9.59 Å². The normalized spacial score (nSPS) is 32.1. The Morgan fingerprint density at radius 1 is 1.50 bits per heavy atom. The highest BCUT2D eigenvalue weighted by atomic mass is 16.4. The molecule has 0 bridgehead atoms. The fourth-order valence-electron chi connectivity index (χ4n) is 1.85. The van der Waals surface area contributed by atoms with Crippen LogP contribution in [0.5, 0.6) is 0 Å². The van der Waals surface area contributed by atoms with Crippen LogP contribution in [-0.4, -0.2) is 23.0 Å². The highest BCUT2D eigenvalue weighted by Crippen LogP contribution is 2.47. The standard InChI is InChI=1S/C10H15NO3/c1-2-6-5-7(6)11-8(12)10(3-4-10)9(13)14/h6-7H,2-5H2,1H3,(H,11,12)(H,13,14). The molecule has 4 nitrogen and oxygen atoms in total. The molecule has 4 heteroatoms. The first kappa shape index (κ1) is 9.49. The molecule has 1 amide bonds. The van der Waals surface area contributed by atoms with E-state index in [0.717, 1.165) is 12.8 Å². The Kier molecular flexibility index (Phi) is 2.01. The lowest BCUT2D eigenvalue weighted by atomic mass is 10.1. The number of carboxylic acid groups (broad SMARTS) is 1. The largest absolute Gasteiger partial charge is 0.480 e. The lowest BCUT2D eigenvalue weighted by molar-refractivity contribution is -0.149. The molecular weight excluding hydrogens is 182 g/mol. The number of nitrogens with one attached hydrogen (secondary N) is 1. The SMILES string of the molecule is CCC1CC1NC(=O)C1(C(=O)O)CC1. The minimum absolute atomic E-state index is 0.240. The maximum absolute atomic E-state index is 11.6. The second-order valence-corrected chi connectivity index (χ2v) is 4.37. The summed E-state index contributed by atoms with van der Waals surface area (Å²) in [6.45, 7) is 2.08. The fourth-order valence-corrected chi connectivity index (χ4v) is 1.85. The van der Waals surface area contributed by atoms with Gasteiger partial charge in [-0.25, -0.2) is 0 Å². The number of carboxylic acids is 1. The van der Waals surface area contributed by atoms with E-state index >= 15 is 0 Å². The second kappa shape index (κ2) is 2.97. The summed E-state index contributed by atoms with van der Waals surface area (Å²) in [5, 5.41) is 11.7. The van der Waals surface area contributed by atoms with Crippen LogP contribution in [-0.2, 0) is 9.59 Å². The van der Waals surface area contributed by atoms with Crippen LogP contribution in [0.25, 0.3) is 0 Å². The third kappa shape index (κ3) is 1.38. The topological polar surface area (TPSA) is 66.4 Å². The summed E-state index contributed by atoms with van der Waals surface area (Å²) in [7, 11) is 0. The van der Waals surface area contributed by atoms with Crippen LogP contribution in [0, 0.1) is 11.3 Å². The molecule has 2 unspecified atom stereocenters. The van der Waals surface area contributed by atoms with E-state index in [1.54, 1.807) is 0 Å². The third-order valence-electron chi connectivity index (χ3n) is 3.36. The zero-order valence-electron chi connectivity index (χ0n) is 8.25. The predicted molar refractivity (Wildman–Crippen MR) is 49.6 cm³/mol. The van der Waals surface area contributed by atoms with Crippen LogP contribution < -0.4 is 5.32 Å². The van der Waals surface area contributed by atoms with Crippen molar-refractivity contribution in [2.24, 2.45) is 11.3 Å². The van der Waals surface area contributed by atoms with Crippen molar-refractivity contribution in [2.45, 2.75) is 38.6 Å². The van der Waals surface area contributed by atoms with E-state index in [-0.39, 0.29) is 11.9 Å². The smallest absolute Gasteiger partial charge is 0.319 e. The first-order valence-corrected chi connectivity index (χ1v) is 5.14. The molecule has 2 rings (SSSR count). The minimum Gasteiger partial charge on any atom is -0.480 e. The highest BCUT2D eigenvalue weighted by Gasteiger charge is 2.58. The third-order valence-corrected chi connectivity index (χ3v) is 3.36. The quantitative estimate of drug-likeness (QED) is 0.654. The van der Waals surface area contributed by atoms with Gasteiger partial charge in [0.1, 0.15) is 5.41 Å². The molecular formula is C10H15NO3. The zero-order chi connectivity index (χ0) is 10.3. The lowest BCUT2D eigenvalue weighted by Gasteiger charge is -2.09. The van der Waals surface area contributed by atoms with E-state index < -0.39 is 11.4 Å². The molecule has 0 aromatic rings. The van der Waals surface area contributed by atoms with Crippen molar-refractivity contribution < 1.29 is 14.7 Å². The van der Waals surface area contributed by atoms with Crippen molar-refractivity contribution in [3.8, 4) is 0 Å². The molecule has 14 heavy (non-hydrogen) atoms. The highest BCUT2D eigenvalue weighted by molar-refractivity contribution is 6.05. The number of carbonyl (C=O) groups is 2. The zero-order valence-corrected chi connectivity index (χ0v) is 8.25. The van der Waals surface area contributed by atoms with Gasteiger partial charge in [0.25, 0.3) is 0 Å². The molecule has 2 saturated carbocycles. The monoisotopic (exact) mass is 197 g/mol. The van der Waals surface area contributed by atoms with Gasteiger partial charge in [0.05, 0.1) is 0 Å². The molecule has 0 aromatic heterocycles. The Hall–Kier alpha value is -1.06. The van der Waals surface area contributed by atoms with Crippen LogP contribution in [0.1, 0.15) is 32.6 Å². The van der Waals surface area contributed by atoms with Gasteiger partial charge in [0, 0.05) is 6.04 Å². The minimum atomic E-state index is -1.07. The van der Waals surface area contributed by atoms with Crippen molar-refractivity contribution >= 4 is 11.9 Å². The molecule has 0 heterocycles. The number of amides is 1. The van der Waals surface area contributed by atoms with Gasteiger partial charge >= 0.3 is 5.97 Å². The molecule has 2 fully saturated rings. The van der Waals surface area contributed by atoms with E-state index in [9.17, 15) is 9.59 Å². The van der Waals surface area contributed by atoms with Crippen molar-refractivity contribution in [1.82, 2.24) is 5.32 Å². The maximum Gasteiger partial charge on any atom is 0.319 e. The fraction of sp³-hybridized carbons (Fsp3) is 0.800. The number of hydrogen-bond donors (Lipinski definition) is 2. The Labute approximate surface area is 82.7 Å². The number of carbonyl (C=O) groups excluding carboxylic acids is 1. The van der Waals surface area contributed by atoms with Gasteiger partial charge in [-0.2, -0.15) is 0 Å². The summed E-state index contributed by atoms with van der Waals surface area (Å²) >= 11 is 0. The second-order valence-electron chi connectivity index (χ2n) is 4.37. The molecule has 2 aliphatic rings. The molecule has 0 aliphatic heterocycles. The summed E-state index contributed by atoms with van der Waals surface area (Å²) in [5.41, 5.74) is -1.07. The Bertz CT molecular complexity index is 283. The van der Waals surface area contributed by atoms with E-state index in [2.05, 4.69) is 12.2 Å². The van der Waals surface area contributed by atoms with Gasteiger partial charge in [0.2, 0.25) is 5.91 Å². The van der Waals surface area contributed by atoms with Gasteiger partial charge in [-0.15, -0.1) is 0 Å². The van der Waals surface area contributed by atoms with Crippen molar-refractivity contribution in [3.05, 3.63) is 0 Å². The van der Waals surface area contributed by atoms with Gasteiger partial charge in [-0.1, -0.05) is 13.3 Å². The van der Waals surface area contributed by atoms with E-state index in [1.165, 1.54) is 0 Å². The molecule has 0 aromatic carbocycles. The number of hydrogen-bond acceptors (Lipinski definition) is 2. The molecule has 0 spiro atoms. The Morgan fingerprint density at radius 3 is 2.50 bits per heavy atom. The predicted octanol–water partition coefficient (Wildman–Crippen LogP) is 0.766. The van der Waals surface area contributed by atoms with Gasteiger partial charge in [0.15, 0.2) is 0 Å². The Balaban J connectivity index is 1.88. The summed E-state index contributed by atoms with van der Waals surface area (Å²) < 4.78 is 0. The molecule has 78 valence electrons. The van der Waals surface area contributed by atoms with Crippen LogP contribution in [0.4, 0.5) is 0 Å². The van der Waals surface area contributed by atoms with Crippen LogP contribution >= 0.6 is 0 Å². The van der Waals surface area contributed by atoms with Crippen molar-refractivity contribution in [3.63, 3.8) is 0 Å². The van der Waals surface area contributed by atoms with E-state index in [4.69, 9.17) is 5.11 Å². The van der Waals surface area contributed by atoms with Crippen LogP contribution in [0.3, 0.4) is 0 Å². The Morgan fingerprint density at radius 2 is 2.14 bits per heavy atom. The summed E-state index contributed by atoms with van der Waals surface area (Å²) in [6.07, 6.45) is 3.07. The first-order valence-electron chi connectivity index (χ1n) is 5.14. The average Bonchev–Trinajstić information content (AvgIpc) is 2.99. The molecule has 2 N–H and O–H groups in total. The molecule has 2 aliphatic carbocycles. The van der Waals surface area contributed by atoms with Crippen molar-refractivity contribution in [2.75, 3.05) is 0 Å². The van der Waals surface area contributed by atoms with E-state index in [1.807, 2.05) is 0 Å². The van der Waals surface area contributed by atoms with E-state index in [0.29, 0.717) is 18.8 Å². The summed E-state index contributed by atoms with van der Waals surface area (Å²) in [6, 6.07) is 0.240. The number of aliphatic carboxylic acids is 1.